The number of rotatable bonds is 3. The zero-order valence-electron chi connectivity index (χ0n) is 9.67. The fourth-order valence-electron chi connectivity index (χ4n) is 1.02. The lowest BCUT2D eigenvalue weighted by Gasteiger charge is -2.03. The number of amides is 1. The van der Waals surface area contributed by atoms with Crippen LogP contribution in [-0.4, -0.2) is 11.6 Å². The van der Waals surface area contributed by atoms with Gasteiger partial charge in [-0.2, -0.15) is 5.10 Å². The van der Waals surface area contributed by atoms with Gasteiger partial charge in [-0.25, -0.2) is 5.43 Å². The van der Waals surface area contributed by atoms with Crippen LogP contribution in [0.15, 0.2) is 27.8 Å². The van der Waals surface area contributed by atoms with Crippen LogP contribution in [0.5, 0.6) is 0 Å². The zero-order chi connectivity index (χ0) is 12.1. The standard InChI is InChI=1S/C12H15BrN2O/c1-4-9(3)14-15-12(16)10-6-5-8(2)11(13)7-10/h5-7H,4H2,1-3H3,(H,15,16). The molecule has 1 rings (SSSR count). The van der Waals surface area contributed by atoms with E-state index < -0.39 is 0 Å². The fraction of sp³-hybridized carbons (Fsp3) is 0.333. The molecule has 0 radical (unpaired) electrons. The Hall–Kier alpha value is -1.16. The molecule has 4 heteroatoms. The Labute approximate surface area is 104 Å². The molecule has 0 aliphatic heterocycles. The molecular formula is C12H15BrN2O. The van der Waals surface area contributed by atoms with Gasteiger partial charge in [-0.15, -0.1) is 0 Å². The third-order valence-corrected chi connectivity index (χ3v) is 3.15. The number of halogens is 1. The predicted octanol–water partition coefficient (Wildman–Crippen LogP) is 3.27. The van der Waals surface area contributed by atoms with Gasteiger partial charge in [-0.05, 0) is 38.0 Å². The summed E-state index contributed by atoms with van der Waals surface area (Å²) >= 11 is 3.39. The zero-order valence-corrected chi connectivity index (χ0v) is 11.3. The van der Waals surface area contributed by atoms with Crippen LogP contribution in [-0.2, 0) is 0 Å². The molecule has 0 aliphatic carbocycles. The maximum atomic E-state index is 11.7. The molecule has 0 aromatic heterocycles. The number of carbonyl (C=O) groups is 1. The molecule has 1 N–H and O–H groups in total. The van der Waals surface area contributed by atoms with Gasteiger partial charge in [0.2, 0.25) is 0 Å². The van der Waals surface area contributed by atoms with Crippen LogP contribution in [0.2, 0.25) is 0 Å². The van der Waals surface area contributed by atoms with Crippen molar-refractivity contribution >= 4 is 27.5 Å². The normalized spacial score (nSPS) is 11.4. The average Bonchev–Trinajstić information content (AvgIpc) is 2.29. The first kappa shape index (κ1) is 12.9. The molecule has 86 valence electrons. The van der Waals surface area contributed by atoms with Crippen molar-refractivity contribution in [2.24, 2.45) is 5.10 Å². The number of nitrogens with zero attached hydrogens (tertiary/aromatic N) is 1. The monoisotopic (exact) mass is 282 g/mol. The lowest BCUT2D eigenvalue weighted by atomic mass is 10.1. The number of carbonyl (C=O) groups excluding carboxylic acids is 1. The van der Waals surface area contributed by atoms with Crippen LogP contribution in [0.3, 0.4) is 0 Å². The Morgan fingerprint density at radius 3 is 2.75 bits per heavy atom. The molecular weight excluding hydrogens is 268 g/mol. The second-order valence-corrected chi connectivity index (χ2v) is 4.46. The Morgan fingerprint density at radius 2 is 2.19 bits per heavy atom. The Kier molecular flexibility index (Phi) is 4.68. The van der Waals surface area contributed by atoms with Crippen molar-refractivity contribution < 1.29 is 4.79 Å². The van der Waals surface area contributed by atoms with Gasteiger partial charge in [0.15, 0.2) is 0 Å². The molecule has 1 aromatic rings. The second kappa shape index (κ2) is 5.80. The van der Waals surface area contributed by atoms with Crippen molar-refractivity contribution in [3.63, 3.8) is 0 Å². The summed E-state index contributed by atoms with van der Waals surface area (Å²) in [6.45, 7) is 5.85. The molecule has 0 fully saturated rings. The molecule has 0 saturated heterocycles. The van der Waals surface area contributed by atoms with Crippen molar-refractivity contribution in [2.75, 3.05) is 0 Å². The van der Waals surface area contributed by atoms with E-state index in [9.17, 15) is 4.79 Å². The van der Waals surface area contributed by atoms with Gasteiger partial charge >= 0.3 is 0 Å². The number of hydrazone groups is 1. The predicted molar refractivity (Wildman–Crippen MR) is 69.7 cm³/mol. The van der Waals surface area contributed by atoms with E-state index in [4.69, 9.17) is 0 Å². The topological polar surface area (TPSA) is 41.5 Å². The quantitative estimate of drug-likeness (QED) is 0.671. The van der Waals surface area contributed by atoms with E-state index in [2.05, 4.69) is 26.5 Å². The number of hydrogen-bond donors (Lipinski definition) is 1. The van der Waals surface area contributed by atoms with Crippen molar-refractivity contribution in [2.45, 2.75) is 27.2 Å². The van der Waals surface area contributed by atoms with Crippen molar-refractivity contribution in [1.29, 1.82) is 0 Å². The molecule has 1 aromatic carbocycles. The van der Waals surface area contributed by atoms with Crippen LogP contribution < -0.4 is 5.43 Å². The third-order valence-electron chi connectivity index (χ3n) is 2.29. The maximum absolute atomic E-state index is 11.7. The summed E-state index contributed by atoms with van der Waals surface area (Å²) in [5.41, 5.74) is 5.13. The minimum absolute atomic E-state index is 0.187. The summed E-state index contributed by atoms with van der Waals surface area (Å²) < 4.78 is 0.927. The summed E-state index contributed by atoms with van der Waals surface area (Å²) in [4.78, 5) is 11.7. The highest BCUT2D eigenvalue weighted by atomic mass is 79.9. The molecule has 0 heterocycles. The van der Waals surface area contributed by atoms with Crippen LogP contribution >= 0.6 is 15.9 Å². The van der Waals surface area contributed by atoms with Gasteiger partial charge in [0, 0.05) is 15.7 Å². The number of aryl methyl sites for hydroxylation is 1. The van der Waals surface area contributed by atoms with E-state index in [1.165, 1.54) is 0 Å². The number of nitrogens with one attached hydrogen (secondary N) is 1. The average molecular weight is 283 g/mol. The molecule has 0 unspecified atom stereocenters. The van der Waals surface area contributed by atoms with Crippen molar-refractivity contribution in [1.82, 2.24) is 5.43 Å². The second-order valence-electron chi connectivity index (χ2n) is 3.61. The Balaban J connectivity index is 2.77. The molecule has 0 bridgehead atoms. The van der Waals surface area contributed by atoms with Gasteiger partial charge in [0.25, 0.3) is 5.91 Å². The molecule has 3 nitrogen and oxygen atoms in total. The molecule has 0 aliphatic rings. The van der Waals surface area contributed by atoms with Crippen LogP contribution in [0.4, 0.5) is 0 Å². The summed E-state index contributed by atoms with van der Waals surface area (Å²) in [5.74, 6) is -0.187. The first-order valence-corrected chi connectivity index (χ1v) is 5.93. The molecule has 0 atom stereocenters. The highest BCUT2D eigenvalue weighted by Gasteiger charge is 2.05. The van der Waals surface area contributed by atoms with Crippen LogP contribution in [0, 0.1) is 6.92 Å². The smallest absolute Gasteiger partial charge is 0.267 e. The third kappa shape index (κ3) is 3.45. The summed E-state index contributed by atoms with van der Waals surface area (Å²) in [6, 6.07) is 5.48. The molecule has 1 amide bonds. The van der Waals surface area contributed by atoms with Crippen LogP contribution in [0.1, 0.15) is 36.2 Å². The van der Waals surface area contributed by atoms with Crippen molar-refractivity contribution in [3.8, 4) is 0 Å². The lowest BCUT2D eigenvalue weighted by molar-refractivity contribution is 0.0954. The van der Waals surface area contributed by atoms with Gasteiger partial charge in [0.05, 0.1) is 0 Å². The molecule has 16 heavy (non-hydrogen) atoms. The number of benzene rings is 1. The Morgan fingerprint density at radius 1 is 1.50 bits per heavy atom. The fourth-order valence-corrected chi connectivity index (χ4v) is 1.40. The van der Waals surface area contributed by atoms with Crippen molar-refractivity contribution in [3.05, 3.63) is 33.8 Å². The van der Waals surface area contributed by atoms with E-state index >= 15 is 0 Å². The minimum Gasteiger partial charge on any atom is -0.267 e. The first-order chi connectivity index (χ1) is 7.54. The SMILES string of the molecule is CCC(C)=NNC(=O)c1ccc(C)c(Br)c1. The molecule has 0 spiro atoms. The van der Waals surface area contributed by atoms with E-state index in [0.717, 1.165) is 22.2 Å². The van der Waals surface area contributed by atoms with Gasteiger partial charge in [0.1, 0.15) is 0 Å². The number of hydrogen-bond acceptors (Lipinski definition) is 2. The van der Waals surface area contributed by atoms with E-state index in [-0.39, 0.29) is 5.91 Å². The highest BCUT2D eigenvalue weighted by Crippen LogP contribution is 2.17. The molecule has 0 saturated carbocycles. The summed E-state index contributed by atoms with van der Waals surface area (Å²) in [7, 11) is 0. The lowest BCUT2D eigenvalue weighted by Crippen LogP contribution is -2.18. The first-order valence-electron chi connectivity index (χ1n) is 5.14. The van der Waals surface area contributed by atoms with Crippen LogP contribution in [0.25, 0.3) is 0 Å². The van der Waals surface area contributed by atoms with Gasteiger partial charge < -0.3 is 0 Å². The van der Waals surface area contributed by atoms with E-state index in [1.54, 1.807) is 12.1 Å². The van der Waals surface area contributed by atoms with Gasteiger partial charge in [-0.3, -0.25) is 4.79 Å². The van der Waals surface area contributed by atoms with E-state index in [1.807, 2.05) is 26.8 Å². The highest BCUT2D eigenvalue weighted by molar-refractivity contribution is 9.10. The minimum atomic E-state index is -0.187. The summed E-state index contributed by atoms with van der Waals surface area (Å²) in [6.07, 6.45) is 0.831. The Bertz CT molecular complexity index is 427. The van der Waals surface area contributed by atoms with Gasteiger partial charge in [-0.1, -0.05) is 28.9 Å². The van der Waals surface area contributed by atoms with E-state index in [0.29, 0.717) is 5.56 Å². The largest absolute Gasteiger partial charge is 0.271 e. The summed E-state index contributed by atoms with van der Waals surface area (Å²) in [5, 5.41) is 3.97. The maximum Gasteiger partial charge on any atom is 0.271 e.